The largest absolute Gasteiger partial charge is 0.452 e. The molecule has 0 aromatic heterocycles. The molecule has 1 aromatic rings. The van der Waals surface area contributed by atoms with Gasteiger partial charge in [0, 0.05) is 30.9 Å². The van der Waals surface area contributed by atoms with Crippen molar-refractivity contribution in [3.05, 3.63) is 29.8 Å². The number of ether oxygens (including phenoxy) is 3. The first-order valence-corrected chi connectivity index (χ1v) is 8.95. The average molecular weight is 353 g/mol. The highest BCUT2D eigenvalue weighted by molar-refractivity contribution is 7.99. The van der Waals surface area contributed by atoms with Crippen LogP contribution in [-0.2, 0) is 19.0 Å². The predicted molar refractivity (Wildman–Crippen MR) is 91.3 cm³/mol. The first-order valence-electron chi connectivity index (χ1n) is 7.97. The lowest BCUT2D eigenvalue weighted by molar-refractivity contribution is -0.124. The van der Waals surface area contributed by atoms with E-state index in [-0.39, 0.29) is 18.6 Å². The summed E-state index contributed by atoms with van der Waals surface area (Å²) in [5.41, 5.74) is 0.477. The van der Waals surface area contributed by atoms with E-state index in [4.69, 9.17) is 14.2 Å². The molecule has 0 aliphatic carbocycles. The van der Waals surface area contributed by atoms with Gasteiger partial charge in [-0.25, -0.2) is 4.79 Å². The molecule has 1 amide bonds. The van der Waals surface area contributed by atoms with E-state index in [0.29, 0.717) is 18.7 Å². The standard InChI is InChI=1S/C17H23NO5S/c1-21-10-8-18-16(19)11-23-17(20)14-6-2-3-7-15(14)24-12-13-5-4-9-22-13/h2-3,6-7,13H,4-5,8-12H2,1H3,(H,18,19)/t13-/m0/s1. The second kappa shape index (κ2) is 10.3. The second-order valence-corrected chi connectivity index (χ2v) is 6.42. The Labute approximate surface area is 146 Å². The molecule has 0 unspecified atom stereocenters. The molecular formula is C17H23NO5S. The quantitative estimate of drug-likeness (QED) is 0.415. The molecule has 6 nitrogen and oxygen atoms in total. The molecule has 0 spiro atoms. The predicted octanol–water partition coefficient (Wildman–Crippen LogP) is 1.88. The number of carbonyl (C=O) groups is 2. The number of nitrogens with one attached hydrogen (secondary N) is 1. The molecule has 1 atom stereocenters. The van der Waals surface area contributed by atoms with Crippen LogP contribution < -0.4 is 5.32 Å². The van der Waals surface area contributed by atoms with Crippen molar-refractivity contribution >= 4 is 23.6 Å². The zero-order valence-electron chi connectivity index (χ0n) is 13.8. The van der Waals surface area contributed by atoms with Crippen LogP contribution in [0.2, 0.25) is 0 Å². The van der Waals surface area contributed by atoms with Gasteiger partial charge in [0.2, 0.25) is 0 Å². The third-order valence-electron chi connectivity index (χ3n) is 3.52. The molecule has 132 valence electrons. The fourth-order valence-electron chi connectivity index (χ4n) is 2.27. The van der Waals surface area contributed by atoms with E-state index >= 15 is 0 Å². The summed E-state index contributed by atoms with van der Waals surface area (Å²) in [6.07, 6.45) is 2.39. The Hall–Kier alpha value is -1.57. The second-order valence-electron chi connectivity index (χ2n) is 5.36. The Balaban J connectivity index is 1.83. The highest BCUT2D eigenvalue weighted by Crippen LogP contribution is 2.27. The van der Waals surface area contributed by atoms with E-state index in [1.54, 1.807) is 31.0 Å². The molecule has 1 heterocycles. The van der Waals surface area contributed by atoms with Gasteiger partial charge in [-0.2, -0.15) is 0 Å². The summed E-state index contributed by atoms with van der Waals surface area (Å²) in [4.78, 5) is 24.6. The number of benzene rings is 1. The Morgan fingerprint density at radius 3 is 2.96 bits per heavy atom. The number of methoxy groups -OCH3 is 1. The summed E-state index contributed by atoms with van der Waals surface area (Å²) in [5.74, 6) is -0.0286. The van der Waals surface area contributed by atoms with Crippen molar-refractivity contribution in [2.45, 2.75) is 23.8 Å². The van der Waals surface area contributed by atoms with Crippen LogP contribution in [0.1, 0.15) is 23.2 Å². The highest BCUT2D eigenvalue weighted by Gasteiger charge is 2.18. The minimum atomic E-state index is -0.493. The minimum Gasteiger partial charge on any atom is -0.452 e. The summed E-state index contributed by atoms with van der Waals surface area (Å²) in [6.45, 7) is 1.32. The first kappa shape index (κ1) is 18.8. The monoisotopic (exact) mass is 353 g/mol. The molecule has 1 fully saturated rings. The molecule has 1 aliphatic heterocycles. The van der Waals surface area contributed by atoms with Crippen molar-refractivity contribution in [1.82, 2.24) is 5.32 Å². The molecular weight excluding hydrogens is 330 g/mol. The van der Waals surface area contributed by atoms with Crippen LogP contribution in [0, 0.1) is 0 Å². The van der Waals surface area contributed by atoms with Crippen LogP contribution in [-0.4, -0.2) is 57.2 Å². The third-order valence-corrected chi connectivity index (χ3v) is 4.72. The van der Waals surface area contributed by atoms with E-state index in [1.165, 1.54) is 0 Å². The van der Waals surface area contributed by atoms with Crippen LogP contribution in [0.3, 0.4) is 0 Å². The van der Waals surface area contributed by atoms with Gasteiger partial charge in [-0.05, 0) is 25.0 Å². The molecule has 2 rings (SSSR count). The van der Waals surface area contributed by atoms with Gasteiger partial charge < -0.3 is 19.5 Å². The van der Waals surface area contributed by atoms with Gasteiger partial charge in [-0.3, -0.25) is 4.79 Å². The molecule has 1 aliphatic rings. The lowest BCUT2D eigenvalue weighted by Gasteiger charge is -2.12. The van der Waals surface area contributed by atoms with Gasteiger partial charge in [-0.1, -0.05) is 12.1 Å². The van der Waals surface area contributed by atoms with Crippen molar-refractivity contribution in [2.75, 3.05) is 39.2 Å². The molecule has 1 aromatic carbocycles. The summed E-state index contributed by atoms with van der Waals surface area (Å²) in [5, 5.41) is 2.60. The number of hydrogen-bond acceptors (Lipinski definition) is 6. The van der Waals surface area contributed by atoms with E-state index < -0.39 is 5.97 Å². The molecule has 1 saturated heterocycles. The van der Waals surface area contributed by atoms with Gasteiger partial charge in [0.25, 0.3) is 5.91 Å². The summed E-state index contributed by atoms with van der Waals surface area (Å²) < 4.78 is 15.5. The summed E-state index contributed by atoms with van der Waals surface area (Å²) in [6, 6.07) is 7.26. The van der Waals surface area contributed by atoms with Gasteiger partial charge in [0.1, 0.15) is 0 Å². The van der Waals surface area contributed by atoms with E-state index in [9.17, 15) is 9.59 Å². The van der Waals surface area contributed by atoms with Crippen molar-refractivity contribution in [3.63, 3.8) is 0 Å². The van der Waals surface area contributed by atoms with Crippen LogP contribution in [0.15, 0.2) is 29.2 Å². The molecule has 0 bridgehead atoms. The Kier molecular flexibility index (Phi) is 8.07. The number of thioether (sulfide) groups is 1. The molecule has 1 N–H and O–H groups in total. The maximum Gasteiger partial charge on any atom is 0.339 e. The summed E-state index contributed by atoms with van der Waals surface area (Å²) in [7, 11) is 1.55. The minimum absolute atomic E-state index is 0.241. The van der Waals surface area contributed by atoms with Crippen molar-refractivity contribution in [1.29, 1.82) is 0 Å². The third kappa shape index (κ3) is 6.14. The van der Waals surface area contributed by atoms with Crippen molar-refractivity contribution in [2.24, 2.45) is 0 Å². The lowest BCUT2D eigenvalue weighted by Crippen LogP contribution is -2.31. The smallest absolute Gasteiger partial charge is 0.339 e. The average Bonchev–Trinajstić information content (AvgIpc) is 3.12. The number of rotatable bonds is 9. The topological polar surface area (TPSA) is 73.9 Å². The Bertz CT molecular complexity index is 546. The van der Waals surface area contributed by atoms with Crippen LogP contribution in [0.5, 0.6) is 0 Å². The number of carbonyl (C=O) groups excluding carboxylic acids is 2. The van der Waals surface area contributed by atoms with Gasteiger partial charge in [0.05, 0.1) is 18.3 Å². The molecule has 0 saturated carbocycles. The number of hydrogen-bond donors (Lipinski definition) is 1. The normalized spacial score (nSPS) is 16.8. The SMILES string of the molecule is COCCNC(=O)COC(=O)c1ccccc1SC[C@@H]1CCCO1. The zero-order chi connectivity index (χ0) is 17.2. The van der Waals surface area contributed by atoms with Crippen molar-refractivity contribution in [3.8, 4) is 0 Å². The maximum atomic E-state index is 12.2. The number of esters is 1. The first-order chi connectivity index (χ1) is 11.7. The summed E-state index contributed by atoms with van der Waals surface area (Å²) >= 11 is 1.58. The number of amides is 1. The maximum absolute atomic E-state index is 12.2. The van der Waals surface area contributed by atoms with Crippen LogP contribution >= 0.6 is 11.8 Å². The fraction of sp³-hybridized carbons (Fsp3) is 0.529. The molecule has 24 heavy (non-hydrogen) atoms. The van der Waals surface area contributed by atoms with Crippen LogP contribution in [0.25, 0.3) is 0 Å². The van der Waals surface area contributed by atoms with Gasteiger partial charge in [0.15, 0.2) is 6.61 Å². The van der Waals surface area contributed by atoms with E-state index in [0.717, 1.165) is 30.1 Å². The van der Waals surface area contributed by atoms with E-state index in [1.807, 2.05) is 12.1 Å². The fourth-order valence-corrected chi connectivity index (χ4v) is 3.38. The van der Waals surface area contributed by atoms with E-state index in [2.05, 4.69) is 5.32 Å². The van der Waals surface area contributed by atoms with Crippen LogP contribution in [0.4, 0.5) is 0 Å². The Morgan fingerprint density at radius 1 is 1.38 bits per heavy atom. The molecule has 0 radical (unpaired) electrons. The zero-order valence-corrected chi connectivity index (χ0v) is 14.6. The highest BCUT2D eigenvalue weighted by atomic mass is 32.2. The lowest BCUT2D eigenvalue weighted by atomic mass is 10.2. The molecule has 7 heteroatoms. The van der Waals surface area contributed by atoms with Gasteiger partial charge in [-0.15, -0.1) is 11.8 Å². The van der Waals surface area contributed by atoms with Crippen molar-refractivity contribution < 1.29 is 23.8 Å². The Morgan fingerprint density at radius 2 is 2.21 bits per heavy atom. The van der Waals surface area contributed by atoms with Gasteiger partial charge >= 0.3 is 5.97 Å².